The highest BCUT2D eigenvalue weighted by molar-refractivity contribution is 7.88. The lowest BCUT2D eigenvalue weighted by Crippen LogP contribution is -2.40. The fourth-order valence-electron chi connectivity index (χ4n) is 1.32. The molecule has 104 valence electrons. The molecule has 1 unspecified atom stereocenters. The molecule has 5 nitrogen and oxygen atoms in total. The van der Waals surface area contributed by atoms with E-state index in [-0.39, 0.29) is 5.75 Å². The van der Waals surface area contributed by atoms with Crippen LogP contribution in [0.1, 0.15) is 19.4 Å². The van der Waals surface area contributed by atoms with Crippen molar-refractivity contribution in [3.63, 3.8) is 0 Å². The molecule has 0 fully saturated rings. The van der Waals surface area contributed by atoms with E-state index in [0.717, 1.165) is 5.56 Å². The number of anilines is 1. The largest absolute Gasteiger partial charge is 0.480 e. The fraction of sp³-hybridized carbons (Fsp3) is 0.385. The lowest BCUT2D eigenvalue weighted by molar-refractivity contribution is -0.139. The van der Waals surface area contributed by atoms with Gasteiger partial charge >= 0.3 is 5.97 Å². The Bertz CT molecular complexity index is 525. The summed E-state index contributed by atoms with van der Waals surface area (Å²) in [6.45, 7) is 4.57. The van der Waals surface area contributed by atoms with E-state index in [1.807, 2.05) is 13.0 Å². The molecule has 0 bridgehead atoms. The number of hydrogen-bond donors (Lipinski definition) is 2. The van der Waals surface area contributed by atoms with Gasteiger partial charge in [-0.15, -0.1) is 0 Å². The highest BCUT2D eigenvalue weighted by Gasteiger charge is 2.35. The minimum Gasteiger partial charge on any atom is -0.480 e. The zero-order chi connectivity index (χ0) is 14.6. The Morgan fingerprint density at radius 3 is 2.53 bits per heavy atom. The van der Waals surface area contributed by atoms with E-state index in [4.69, 9.17) is 5.11 Å². The van der Waals surface area contributed by atoms with Crippen molar-refractivity contribution in [2.24, 2.45) is 0 Å². The van der Waals surface area contributed by atoms with E-state index in [2.05, 4.69) is 5.32 Å². The molecule has 1 atom stereocenters. The van der Waals surface area contributed by atoms with Crippen LogP contribution in [0.5, 0.6) is 0 Å². The molecule has 0 aliphatic carbocycles. The van der Waals surface area contributed by atoms with Gasteiger partial charge in [0.2, 0.25) is 5.91 Å². The number of nitrogens with one attached hydrogen (secondary N) is 1. The standard InChI is InChI=1S/C13H17NO4S/c1-9-5-4-6-10(7-9)14-11(15)8-19(18)13(2,3)12(16)17/h4-7H,8H2,1-3H3,(H,14,15)(H,16,17). The van der Waals surface area contributed by atoms with Crippen LogP contribution in [0, 0.1) is 6.92 Å². The maximum atomic E-state index is 11.8. The second-order valence-electron chi connectivity index (χ2n) is 4.72. The van der Waals surface area contributed by atoms with Crippen LogP contribution in [0.15, 0.2) is 24.3 Å². The Morgan fingerprint density at radius 1 is 1.37 bits per heavy atom. The van der Waals surface area contributed by atoms with Gasteiger partial charge in [-0.25, -0.2) is 0 Å². The third-order valence-corrected chi connectivity index (χ3v) is 4.49. The highest BCUT2D eigenvalue weighted by Crippen LogP contribution is 2.14. The number of rotatable bonds is 5. The number of amides is 1. The van der Waals surface area contributed by atoms with Gasteiger partial charge in [-0.1, -0.05) is 12.1 Å². The number of benzene rings is 1. The summed E-state index contributed by atoms with van der Waals surface area (Å²) in [6, 6.07) is 7.18. The molecular weight excluding hydrogens is 266 g/mol. The SMILES string of the molecule is Cc1cccc(NC(=O)CS(=O)C(C)(C)C(=O)O)c1. The smallest absolute Gasteiger partial charge is 0.321 e. The Kier molecular flexibility index (Phi) is 4.83. The van der Waals surface area contributed by atoms with Gasteiger partial charge < -0.3 is 10.4 Å². The molecular formula is C13H17NO4S. The van der Waals surface area contributed by atoms with Crippen molar-refractivity contribution in [2.75, 3.05) is 11.1 Å². The first-order valence-electron chi connectivity index (χ1n) is 5.72. The Labute approximate surface area is 114 Å². The minimum atomic E-state index is -1.78. The Hall–Kier alpha value is -1.69. The van der Waals surface area contributed by atoms with Gasteiger partial charge in [-0.05, 0) is 38.5 Å². The van der Waals surface area contributed by atoms with E-state index in [1.165, 1.54) is 13.8 Å². The van der Waals surface area contributed by atoms with Crippen molar-refractivity contribution in [1.29, 1.82) is 0 Å². The summed E-state index contributed by atoms with van der Waals surface area (Å²) in [6.07, 6.45) is 0. The van der Waals surface area contributed by atoms with Crippen LogP contribution in [0.2, 0.25) is 0 Å². The molecule has 1 amide bonds. The average molecular weight is 283 g/mol. The number of aliphatic carboxylic acids is 1. The topological polar surface area (TPSA) is 83.5 Å². The van der Waals surface area contributed by atoms with Crippen LogP contribution in [-0.4, -0.2) is 31.7 Å². The number of hydrogen-bond acceptors (Lipinski definition) is 3. The van der Waals surface area contributed by atoms with Gasteiger partial charge in [-0.2, -0.15) is 0 Å². The normalized spacial score (nSPS) is 12.8. The molecule has 0 saturated carbocycles. The van der Waals surface area contributed by atoms with Gasteiger partial charge in [0.05, 0.1) is 0 Å². The molecule has 0 aliphatic heterocycles. The molecule has 2 N–H and O–H groups in total. The molecule has 1 rings (SSSR count). The molecule has 0 heterocycles. The third-order valence-electron chi connectivity index (χ3n) is 2.65. The molecule has 0 aliphatic rings. The molecule has 0 radical (unpaired) electrons. The van der Waals surface area contributed by atoms with Crippen LogP contribution in [0.4, 0.5) is 5.69 Å². The van der Waals surface area contributed by atoms with Crippen LogP contribution >= 0.6 is 0 Å². The van der Waals surface area contributed by atoms with Crippen LogP contribution < -0.4 is 5.32 Å². The number of aryl methyl sites for hydroxylation is 1. The first kappa shape index (κ1) is 15.4. The quantitative estimate of drug-likeness (QED) is 0.858. The lowest BCUT2D eigenvalue weighted by atomic mass is 10.2. The Morgan fingerprint density at radius 2 is 2.00 bits per heavy atom. The highest BCUT2D eigenvalue weighted by atomic mass is 32.2. The van der Waals surface area contributed by atoms with E-state index >= 15 is 0 Å². The minimum absolute atomic E-state index is 0.340. The predicted molar refractivity (Wildman–Crippen MR) is 74.5 cm³/mol. The number of carbonyl (C=O) groups is 2. The van der Waals surface area contributed by atoms with Gasteiger partial charge in [0, 0.05) is 16.5 Å². The molecule has 1 aromatic carbocycles. The zero-order valence-electron chi connectivity index (χ0n) is 11.1. The molecule has 6 heteroatoms. The van der Waals surface area contributed by atoms with Crippen LogP contribution in [0.3, 0.4) is 0 Å². The molecule has 0 aromatic heterocycles. The second kappa shape index (κ2) is 5.97. The summed E-state index contributed by atoms with van der Waals surface area (Å²) in [5.74, 6) is -1.99. The summed E-state index contributed by atoms with van der Waals surface area (Å²) < 4.78 is 10.4. The summed E-state index contributed by atoms with van der Waals surface area (Å²) >= 11 is 0. The maximum Gasteiger partial charge on any atom is 0.321 e. The van der Waals surface area contributed by atoms with E-state index in [1.54, 1.807) is 18.2 Å². The van der Waals surface area contributed by atoms with Crippen molar-refractivity contribution in [1.82, 2.24) is 0 Å². The molecule has 0 saturated heterocycles. The van der Waals surface area contributed by atoms with E-state index < -0.39 is 27.4 Å². The molecule has 1 aromatic rings. The van der Waals surface area contributed by atoms with Crippen molar-refractivity contribution < 1.29 is 18.9 Å². The zero-order valence-corrected chi connectivity index (χ0v) is 11.9. The van der Waals surface area contributed by atoms with Crippen molar-refractivity contribution >= 4 is 28.4 Å². The predicted octanol–water partition coefficient (Wildman–Crippen LogP) is 1.55. The number of carboxylic acids is 1. The monoisotopic (exact) mass is 283 g/mol. The number of carbonyl (C=O) groups excluding carboxylic acids is 1. The van der Waals surface area contributed by atoms with Crippen LogP contribution in [0.25, 0.3) is 0 Å². The summed E-state index contributed by atoms with van der Waals surface area (Å²) in [7, 11) is -1.78. The van der Waals surface area contributed by atoms with Gasteiger partial charge in [0.25, 0.3) is 0 Å². The first-order chi connectivity index (χ1) is 8.73. The fourth-order valence-corrected chi connectivity index (χ4v) is 2.18. The number of carboxylic acid groups (broad SMARTS) is 1. The molecule has 19 heavy (non-hydrogen) atoms. The van der Waals surface area contributed by atoms with Crippen molar-refractivity contribution in [3.05, 3.63) is 29.8 Å². The van der Waals surface area contributed by atoms with Gasteiger partial charge in [-0.3, -0.25) is 13.8 Å². The van der Waals surface area contributed by atoms with E-state index in [0.29, 0.717) is 5.69 Å². The van der Waals surface area contributed by atoms with Gasteiger partial charge in [0.15, 0.2) is 0 Å². The first-order valence-corrected chi connectivity index (χ1v) is 7.04. The third kappa shape index (κ3) is 4.17. The lowest BCUT2D eigenvalue weighted by Gasteiger charge is -2.18. The van der Waals surface area contributed by atoms with Crippen molar-refractivity contribution in [3.8, 4) is 0 Å². The Balaban J connectivity index is 2.66. The maximum absolute atomic E-state index is 11.8. The molecule has 0 spiro atoms. The van der Waals surface area contributed by atoms with Crippen LogP contribution in [-0.2, 0) is 20.4 Å². The summed E-state index contributed by atoms with van der Waals surface area (Å²) in [5, 5.41) is 11.5. The summed E-state index contributed by atoms with van der Waals surface area (Å²) in [5.41, 5.74) is 1.60. The second-order valence-corrected chi connectivity index (χ2v) is 6.72. The van der Waals surface area contributed by atoms with Gasteiger partial charge in [0.1, 0.15) is 10.5 Å². The van der Waals surface area contributed by atoms with E-state index in [9.17, 15) is 13.8 Å². The average Bonchev–Trinajstić information content (AvgIpc) is 2.28. The summed E-state index contributed by atoms with van der Waals surface area (Å²) in [4.78, 5) is 22.6. The van der Waals surface area contributed by atoms with Crippen molar-refractivity contribution in [2.45, 2.75) is 25.5 Å².